The fourth-order valence-electron chi connectivity index (χ4n) is 2.01. The van der Waals surface area contributed by atoms with Crippen LogP contribution in [0.25, 0.3) is 6.08 Å². The van der Waals surface area contributed by atoms with Crippen molar-refractivity contribution in [3.05, 3.63) is 65.2 Å². The summed E-state index contributed by atoms with van der Waals surface area (Å²) in [5.74, 6) is 0.164. The van der Waals surface area contributed by atoms with Crippen LogP contribution in [0.1, 0.15) is 11.1 Å². The largest absolute Gasteiger partial charge is 0.496 e. The third kappa shape index (κ3) is 3.74. The normalized spacial score (nSPS) is 10.7. The molecule has 0 unspecified atom stereocenters. The van der Waals surface area contributed by atoms with E-state index in [0.29, 0.717) is 17.0 Å². The molecule has 0 aliphatic rings. The lowest BCUT2D eigenvalue weighted by molar-refractivity contribution is -0.112. The zero-order valence-electron chi connectivity index (χ0n) is 12.5. The molecule has 2 rings (SSSR count). The maximum atomic E-state index is 12.2. The Morgan fingerprint density at radius 2 is 2.00 bits per heavy atom. The van der Waals surface area contributed by atoms with Gasteiger partial charge in [-0.1, -0.05) is 30.3 Å². The summed E-state index contributed by atoms with van der Waals surface area (Å²) in [7, 11) is 1.55. The van der Waals surface area contributed by atoms with Gasteiger partial charge in [0, 0.05) is 11.3 Å². The summed E-state index contributed by atoms with van der Waals surface area (Å²) in [6, 6.07) is 16.6. The molecule has 0 saturated carbocycles. The summed E-state index contributed by atoms with van der Waals surface area (Å²) in [6.45, 7) is 1.94. The van der Waals surface area contributed by atoms with E-state index in [4.69, 9.17) is 4.74 Å². The van der Waals surface area contributed by atoms with Gasteiger partial charge in [0.15, 0.2) is 0 Å². The highest BCUT2D eigenvalue weighted by molar-refractivity contribution is 6.09. The first-order chi connectivity index (χ1) is 10.6. The van der Waals surface area contributed by atoms with Crippen LogP contribution in [-0.2, 0) is 4.79 Å². The molecule has 1 amide bonds. The van der Waals surface area contributed by atoms with E-state index >= 15 is 0 Å². The Morgan fingerprint density at radius 3 is 2.68 bits per heavy atom. The van der Waals surface area contributed by atoms with Gasteiger partial charge in [-0.25, -0.2) is 0 Å². The van der Waals surface area contributed by atoms with Crippen LogP contribution in [0.3, 0.4) is 0 Å². The maximum absolute atomic E-state index is 12.2. The van der Waals surface area contributed by atoms with Gasteiger partial charge < -0.3 is 10.1 Å². The number of hydrogen-bond acceptors (Lipinski definition) is 3. The predicted molar refractivity (Wildman–Crippen MR) is 86.4 cm³/mol. The molecule has 0 aromatic heterocycles. The summed E-state index contributed by atoms with van der Waals surface area (Å²) in [6.07, 6.45) is 1.52. The van der Waals surface area contributed by atoms with Crippen LogP contribution >= 0.6 is 0 Å². The van der Waals surface area contributed by atoms with Gasteiger partial charge in [0.05, 0.1) is 7.11 Å². The van der Waals surface area contributed by atoms with Crippen LogP contribution in [0.15, 0.2) is 54.1 Å². The number of hydrogen-bond donors (Lipinski definition) is 1. The molecule has 0 atom stereocenters. The molecule has 0 aliphatic carbocycles. The van der Waals surface area contributed by atoms with Crippen LogP contribution in [0.2, 0.25) is 0 Å². The molecular formula is C18H16N2O2. The molecule has 2 aromatic rings. The Morgan fingerprint density at radius 1 is 1.23 bits per heavy atom. The first kappa shape index (κ1) is 15.3. The van der Waals surface area contributed by atoms with E-state index in [0.717, 1.165) is 5.56 Å². The summed E-state index contributed by atoms with van der Waals surface area (Å²) < 4.78 is 5.22. The maximum Gasteiger partial charge on any atom is 0.266 e. The van der Waals surface area contributed by atoms with E-state index in [1.54, 1.807) is 25.3 Å². The lowest BCUT2D eigenvalue weighted by atomic mass is 10.1. The number of nitrogens with zero attached hydrogens (tertiary/aromatic N) is 1. The summed E-state index contributed by atoms with van der Waals surface area (Å²) in [5.41, 5.74) is 2.39. The fraction of sp³-hybridized carbons (Fsp3) is 0.111. The van der Waals surface area contributed by atoms with E-state index < -0.39 is 5.91 Å². The summed E-state index contributed by atoms with van der Waals surface area (Å²) in [5, 5.41) is 12.0. The number of anilines is 1. The van der Waals surface area contributed by atoms with Crippen molar-refractivity contribution in [1.29, 1.82) is 5.26 Å². The highest BCUT2D eigenvalue weighted by Crippen LogP contribution is 2.21. The molecule has 0 spiro atoms. The predicted octanol–water partition coefficient (Wildman–Crippen LogP) is 3.55. The number of rotatable bonds is 4. The molecule has 4 heteroatoms. The number of aryl methyl sites for hydroxylation is 1. The van der Waals surface area contributed by atoms with Gasteiger partial charge in [0.1, 0.15) is 17.4 Å². The standard InChI is InChI=1S/C18H16N2O2/c1-13-6-5-8-16(10-13)20-18(21)15(12-19)11-14-7-3-4-9-17(14)22-2/h3-11H,1-2H3,(H,20,21)/b15-11-. The zero-order chi connectivity index (χ0) is 15.9. The topological polar surface area (TPSA) is 62.1 Å². The molecule has 2 aromatic carbocycles. The second kappa shape index (κ2) is 7.09. The van der Waals surface area contributed by atoms with Crippen molar-refractivity contribution >= 4 is 17.7 Å². The number of amides is 1. The van der Waals surface area contributed by atoms with Gasteiger partial charge >= 0.3 is 0 Å². The molecule has 0 bridgehead atoms. The number of methoxy groups -OCH3 is 1. The summed E-state index contributed by atoms with van der Waals surface area (Å²) in [4.78, 5) is 12.2. The zero-order valence-corrected chi connectivity index (χ0v) is 12.5. The van der Waals surface area contributed by atoms with Crippen molar-refractivity contribution in [3.8, 4) is 11.8 Å². The highest BCUT2D eigenvalue weighted by atomic mass is 16.5. The van der Waals surface area contributed by atoms with Crippen LogP contribution in [0.5, 0.6) is 5.75 Å². The van der Waals surface area contributed by atoms with E-state index in [2.05, 4.69) is 5.32 Å². The average molecular weight is 292 g/mol. The number of nitrogens with one attached hydrogen (secondary N) is 1. The molecule has 0 fully saturated rings. The lowest BCUT2D eigenvalue weighted by Gasteiger charge is -2.07. The number of nitriles is 1. The van der Waals surface area contributed by atoms with Gasteiger partial charge in [0.25, 0.3) is 5.91 Å². The highest BCUT2D eigenvalue weighted by Gasteiger charge is 2.11. The van der Waals surface area contributed by atoms with Crippen molar-refractivity contribution in [2.75, 3.05) is 12.4 Å². The molecule has 0 heterocycles. The minimum atomic E-state index is -0.445. The van der Waals surface area contributed by atoms with Crippen molar-refractivity contribution in [2.24, 2.45) is 0 Å². The number of benzene rings is 2. The smallest absolute Gasteiger partial charge is 0.266 e. The Kier molecular flexibility index (Phi) is 4.94. The number of ether oxygens (including phenoxy) is 1. The van der Waals surface area contributed by atoms with E-state index in [-0.39, 0.29) is 5.57 Å². The minimum absolute atomic E-state index is 0.0195. The van der Waals surface area contributed by atoms with E-state index in [9.17, 15) is 10.1 Å². The van der Waals surface area contributed by atoms with Crippen molar-refractivity contribution in [1.82, 2.24) is 0 Å². The molecule has 0 saturated heterocycles. The van der Waals surface area contributed by atoms with Gasteiger partial charge in [-0.3, -0.25) is 4.79 Å². The molecule has 110 valence electrons. The minimum Gasteiger partial charge on any atom is -0.496 e. The summed E-state index contributed by atoms with van der Waals surface area (Å²) >= 11 is 0. The van der Waals surface area contributed by atoms with Crippen molar-refractivity contribution < 1.29 is 9.53 Å². The van der Waals surface area contributed by atoms with Gasteiger partial charge in [-0.05, 0) is 36.8 Å². The molecule has 0 aliphatic heterocycles. The first-order valence-electron chi connectivity index (χ1n) is 6.77. The van der Waals surface area contributed by atoms with Crippen molar-refractivity contribution in [3.63, 3.8) is 0 Å². The Bertz CT molecular complexity index is 758. The van der Waals surface area contributed by atoms with Crippen LogP contribution in [-0.4, -0.2) is 13.0 Å². The Labute approximate surface area is 129 Å². The van der Waals surface area contributed by atoms with Crippen LogP contribution in [0.4, 0.5) is 5.69 Å². The second-order valence-corrected chi connectivity index (χ2v) is 4.74. The third-order valence-corrected chi connectivity index (χ3v) is 3.08. The molecule has 0 radical (unpaired) electrons. The molecule has 1 N–H and O–H groups in total. The van der Waals surface area contributed by atoms with Crippen LogP contribution in [0, 0.1) is 18.3 Å². The monoisotopic (exact) mass is 292 g/mol. The first-order valence-corrected chi connectivity index (χ1v) is 6.77. The van der Waals surface area contributed by atoms with E-state index in [1.165, 1.54) is 6.08 Å². The molecular weight excluding hydrogens is 276 g/mol. The van der Waals surface area contributed by atoms with Gasteiger partial charge in [-0.2, -0.15) is 5.26 Å². The van der Waals surface area contributed by atoms with Crippen molar-refractivity contribution in [2.45, 2.75) is 6.92 Å². The Balaban J connectivity index is 2.26. The lowest BCUT2D eigenvalue weighted by Crippen LogP contribution is -2.13. The SMILES string of the molecule is COc1ccccc1/C=C(/C#N)C(=O)Nc1cccc(C)c1. The number of carbonyl (C=O) groups excluding carboxylic acids is 1. The molecule has 4 nitrogen and oxygen atoms in total. The average Bonchev–Trinajstić information content (AvgIpc) is 2.52. The Hall–Kier alpha value is -3.06. The second-order valence-electron chi connectivity index (χ2n) is 4.74. The van der Waals surface area contributed by atoms with Gasteiger partial charge in [0.2, 0.25) is 0 Å². The number of para-hydroxylation sites is 1. The number of carbonyl (C=O) groups is 1. The third-order valence-electron chi connectivity index (χ3n) is 3.08. The fourth-order valence-corrected chi connectivity index (χ4v) is 2.01. The quantitative estimate of drug-likeness (QED) is 0.692. The molecule has 22 heavy (non-hydrogen) atoms. The van der Waals surface area contributed by atoms with E-state index in [1.807, 2.05) is 43.3 Å². The van der Waals surface area contributed by atoms with Crippen LogP contribution < -0.4 is 10.1 Å². The van der Waals surface area contributed by atoms with Gasteiger partial charge in [-0.15, -0.1) is 0 Å².